The largest absolute Gasteiger partial charge is 0.379 e. The molecule has 0 aliphatic rings. The minimum atomic E-state index is -1.19. The van der Waals surface area contributed by atoms with E-state index in [9.17, 15) is 13.2 Å². The summed E-state index contributed by atoms with van der Waals surface area (Å²) in [6, 6.07) is 7.31. The van der Waals surface area contributed by atoms with E-state index in [-0.39, 0.29) is 5.69 Å². The number of halogens is 3. The SMILES string of the molecule is Cc1cc(C)cc(CNc2cc(F)c(F)cc2F)c1. The highest BCUT2D eigenvalue weighted by Gasteiger charge is 2.09. The number of rotatable bonds is 3. The summed E-state index contributed by atoms with van der Waals surface area (Å²) < 4.78 is 39.2. The molecule has 0 aliphatic carbocycles. The molecule has 2 rings (SSSR count). The van der Waals surface area contributed by atoms with Gasteiger partial charge in [0.25, 0.3) is 0 Å². The molecule has 2 aromatic rings. The van der Waals surface area contributed by atoms with Crippen molar-refractivity contribution in [3.05, 3.63) is 64.5 Å². The monoisotopic (exact) mass is 265 g/mol. The van der Waals surface area contributed by atoms with Gasteiger partial charge in [-0.15, -0.1) is 0 Å². The van der Waals surface area contributed by atoms with E-state index in [2.05, 4.69) is 5.32 Å². The number of hydrogen-bond acceptors (Lipinski definition) is 1. The van der Waals surface area contributed by atoms with Crippen molar-refractivity contribution in [3.63, 3.8) is 0 Å². The van der Waals surface area contributed by atoms with Crippen molar-refractivity contribution in [2.45, 2.75) is 20.4 Å². The Kier molecular flexibility index (Phi) is 3.79. The van der Waals surface area contributed by atoms with Crippen LogP contribution >= 0.6 is 0 Å². The van der Waals surface area contributed by atoms with E-state index in [1.165, 1.54) is 0 Å². The smallest absolute Gasteiger partial charge is 0.161 e. The quantitative estimate of drug-likeness (QED) is 0.814. The van der Waals surface area contributed by atoms with Gasteiger partial charge in [-0.3, -0.25) is 0 Å². The molecule has 0 bridgehead atoms. The van der Waals surface area contributed by atoms with Gasteiger partial charge in [-0.05, 0) is 19.4 Å². The average molecular weight is 265 g/mol. The third-order valence-corrected chi connectivity index (χ3v) is 2.77. The van der Waals surface area contributed by atoms with E-state index >= 15 is 0 Å². The molecule has 100 valence electrons. The maximum absolute atomic E-state index is 13.4. The Hall–Kier alpha value is -1.97. The molecule has 0 aliphatic heterocycles. The number of nitrogens with one attached hydrogen (secondary N) is 1. The van der Waals surface area contributed by atoms with Gasteiger partial charge in [0.15, 0.2) is 11.6 Å². The first kappa shape index (κ1) is 13.5. The number of hydrogen-bond donors (Lipinski definition) is 1. The van der Waals surface area contributed by atoms with Gasteiger partial charge >= 0.3 is 0 Å². The highest BCUT2D eigenvalue weighted by atomic mass is 19.2. The summed E-state index contributed by atoms with van der Waals surface area (Å²) in [4.78, 5) is 0. The number of aryl methyl sites for hydroxylation is 2. The molecule has 0 unspecified atom stereocenters. The lowest BCUT2D eigenvalue weighted by atomic mass is 10.1. The summed E-state index contributed by atoms with van der Waals surface area (Å²) in [5.74, 6) is -3.05. The lowest BCUT2D eigenvalue weighted by Gasteiger charge is -2.09. The third kappa shape index (κ3) is 3.28. The minimum absolute atomic E-state index is 0.0435. The highest BCUT2D eigenvalue weighted by Crippen LogP contribution is 2.19. The molecule has 0 saturated carbocycles. The van der Waals surface area contributed by atoms with Crippen molar-refractivity contribution in [1.82, 2.24) is 0 Å². The van der Waals surface area contributed by atoms with Gasteiger partial charge in [0.2, 0.25) is 0 Å². The lowest BCUT2D eigenvalue weighted by Crippen LogP contribution is -2.03. The van der Waals surface area contributed by atoms with Crippen molar-refractivity contribution in [1.29, 1.82) is 0 Å². The maximum Gasteiger partial charge on any atom is 0.161 e. The van der Waals surface area contributed by atoms with Gasteiger partial charge in [-0.2, -0.15) is 0 Å². The molecular formula is C15H14F3N. The molecule has 0 radical (unpaired) electrons. The van der Waals surface area contributed by atoms with Gasteiger partial charge in [0.1, 0.15) is 5.82 Å². The molecule has 0 atom stereocenters. The van der Waals surface area contributed by atoms with Gasteiger partial charge < -0.3 is 5.32 Å². The summed E-state index contributed by atoms with van der Waals surface area (Å²) >= 11 is 0. The number of benzene rings is 2. The topological polar surface area (TPSA) is 12.0 Å². The lowest BCUT2D eigenvalue weighted by molar-refractivity contribution is 0.496. The second-order valence-corrected chi connectivity index (χ2v) is 4.60. The first-order valence-corrected chi connectivity index (χ1v) is 5.91. The maximum atomic E-state index is 13.4. The summed E-state index contributed by atoms with van der Waals surface area (Å²) in [6.45, 7) is 4.29. The molecule has 0 amide bonds. The normalized spacial score (nSPS) is 10.6. The summed E-state index contributed by atoms with van der Waals surface area (Å²) in [6.07, 6.45) is 0. The summed E-state index contributed by atoms with van der Waals surface area (Å²) in [7, 11) is 0. The fraction of sp³-hybridized carbons (Fsp3) is 0.200. The second kappa shape index (κ2) is 5.34. The Bertz CT molecular complexity index is 588. The molecule has 1 nitrogen and oxygen atoms in total. The molecule has 4 heteroatoms. The van der Waals surface area contributed by atoms with Gasteiger partial charge in [-0.25, -0.2) is 13.2 Å². The summed E-state index contributed by atoms with van der Waals surface area (Å²) in [5, 5.41) is 2.77. The number of anilines is 1. The zero-order chi connectivity index (χ0) is 14.0. The van der Waals surface area contributed by atoms with E-state index in [0.717, 1.165) is 22.8 Å². The zero-order valence-corrected chi connectivity index (χ0v) is 10.7. The predicted octanol–water partition coefficient (Wildman–Crippen LogP) is 4.33. The first-order chi connectivity index (χ1) is 8.95. The second-order valence-electron chi connectivity index (χ2n) is 4.60. The van der Waals surface area contributed by atoms with E-state index < -0.39 is 17.5 Å². The van der Waals surface area contributed by atoms with Crippen LogP contribution in [-0.2, 0) is 6.54 Å². The van der Waals surface area contributed by atoms with Crippen LogP contribution in [0, 0.1) is 31.3 Å². The zero-order valence-electron chi connectivity index (χ0n) is 10.7. The Morgan fingerprint density at radius 3 is 2.00 bits per heavy atom. The van der Waals surface area contributed by atoms with Crippen LogP contribution in [0.4, 0.5) is 18.9 Å². The molecule has 0 saturated heterocycles. The predicted molar refractivity (Wildman–Crippen MR) is 69.6 cm³/mol. The van der Waals surface area contributed by atoms with Crippen LogP contribution in [0.2, 0.25) is 0 Å². The fourth-order valence-corrected chi connectivity index (χ4v) is 2.03. The van der Waals surface area contributed by atoms with Crippen LogP contribution < -0.4 is 5.32 Å². The fourth-order valence-electron chi connectivity index (χ4n) is 2.03. The van der Waals surface area contributed by atoms with Crippen LogP contribution in [0.5, 0.6) is 0 Å². The van der Waals surface area contributed by atoms with Crippen LogP contribution in [0.3, 0.4) is 0 Å². The van der Waals surface area contributed by atoms with E-state index in [1.54, 1.807) is 0 Å². The minimum Gasteiger partial charge on any atom is -0.379 e. The molecule has 19 heavy (non-hydrogen) atoms. The highest BCUT2D eigenvalue weighted by molar-refractivity contribution is 5.46. The van der Waals surface area contributed by atoms with Crippen molar-refractivity contribution in [3.8, 4) is 0 Å². The molecule has 2 aromatic carbocycles. The van der Waals surface area contributed by atoms with Crippen LogP contribution in [0.25, 0.3) is 0 Å². The molecule has 1 N–H and O–H groups in total. The molecular weight excluding hydrogens is 251 g/mol. The Morgan fingerprint density at radius 2 is 1.37 bits per heavy atom. The van der Waals surface area contributed by atoms with Gasteiger partial charge in [0, 0.05) is 18.7 Å². The van der Waals surface area contributed by atoms with Crippen LogP contribution in [-0.4, -0.2) is 0 Å². The van der Waals surface area contributed by atoms with E-state index in [1.807, 2.05) is 32.0 Å². The summed E-state index contributed by atoms with van der Waals surface area (Å²) in [5.41, 5.74) is 3.12. The Morgan fingerprint density at radius 1 is 0.789 bits per heavy atom. The Balaban J connectivity index is 2.16. The van der Waals surface area contributed by atoms with Crippen molar-refractivity contribution in [2.75, 3.05) is 5.32 Å². The molecule has 0 aromatic heterocycles. The standard InChI is InChI=1S/C15H14F3N/c1-9-3-10(2)5-11(4-9)8-19-15-7-13(17)12(16)6-14(15)18/h3-7,19H,8H2,1-2H3. The van der Waals surface area contributed by atoms with Crippen molar-refractivity contribution < 1.29 is 13.2 Å². The van der Waals surface area contributed by atoms with E-state index in [4.69, 9.17) is 0 Å². The Labute approximate surface area is 110 Å². The molecule has 0 spiro atoms. The van der Waals surface area contributed by atoms with Crippen molar-refractivity contribution in [2.24, 2.45) is 0 Å². The third-order valence-electron chi connectivity index (χ3n) is 2.77. The van der Waals surface area contributed by atoms with Gasteiger partial charge in [0.05, 0.1) is 5.69 Å². The van der Waals surface area contributed by atoms with Crippen molar-refractivity contribution >= 4 is 5.69 Å². The van der Waals surface area contributed by atoms with Gasteiger partial charge in [-0.1, -0.05) is 29.3 Å². The molecule has 0 heterocycles. The first-order valence-electron chi connectivity index (χ1n) is 5.91. The van der Waals surface area contributed by atoms with E-state index in [0.29, 0.717) is 12.6 Å². The average Bonchev–Trinajstić information content (AvgIpc) is 2.31. The van der Waals surface area contributed by atoms with Crippen LogP contribution in [0.15, 0.2) is 30.3 Å². The van der Waals surface area contributed by atoms with Crippen LogP contribution in [0.1, 0.15) is 16.7 Å². The molecule has 0 fully saturated rings.